The van der Waals surface area contributed by atoms with Crippen LogP contribution in [0.25, 0.3) is 0 Å². The Hall–Kier alpha value is -1.96. The summed E-state index contributed by atoms with van der Waals surface area (Å²) in [6, 6.07) is 7.07. The van der Waals surface area contributed by atoms with E-state index < -0.39 is 11.8 Å². The zero-order valence-corrected chi connectivity index (χ0v) is 14.9. The monoisotopic (exact) mass is 336 g/mol. The van der Waals surface area contributed by atoms with Crippen molar-refractivity contribution < 1.29 is 14.3 Å². The molecule has 1 aromatic rings. The van der Waals surface area contributed by atoms with Gasteiger partial charge in [0.15, 0.2) is 0 Å². The summed E-state index contributed by atoms with van der Waals surface area (Å²) < 4.78 is 5.01. The second-order valence-electron chi connectivity index (χ2n) is 5.95. The number of nitrogens with zero attached hydrogens (tertiary/aromatic N) is 2. The summed E-state index contributed by atoms with van der Waals surface area (Å²) in [5, 5.41) is 2.63. The molecule has 2 amide bonds. The topological polar surface area (TPSA) is 87.9 Å². The highest BCUT2D eigenvalue weighted by Gasteiger charge is 2.21. The standard InChI is InChI=1S/C17H28N4O3/c1-13(18)14-5-7-15(8-6-14)19-16(22)17(23)21(11-12-24-4)10-9-20(2)3/h5-8,13H,9-12,18H2,1-4H3,(H,19,22). The number of amides is 2. The fourth-order valence-corrected chi connectivity index (χ4v) is 2.04. The highest BCUT2D eigenvalue weighted by Crippen LogP contribution is 2.14. The van der Waals surface area contributed by atoms with Crippen LogP contribution in [0.1, 0.15) is 18.5 Å². The molecule has 3 N–H and O–H groups in total. The summed E-state index contributed by atoms with van der Waals surface area (Å²) in [4.78, 5) is 28.0. The Morgan fingerprint density at radius 1 is 1.17 bits per heavy atom. The van der Waals surface area contributed by atoms with Gasteiger partial charge >= 0.3 is 11.8 Å². The number of methoxy groups -OCH3 is 1. The fourth-order valence-electron chi connectivity index (χ4n) is 2.04. The number of hydrogen-bond acceptors (Lipinski definition) is 5. The number of nitrogens with two attached hydrogens (primary N) is 1. The third-order valence-electron chi connectivity index (χ3n) is 3.56. The molecule has 7 nitrogen and oxygen atoms in total. The van der Waals surface area contributed by atoms with Crippen LogP contribution in [0, 0.1) is 0 Å². The first-order chi connectivity index (χ1) is 11.3. The van der Waals surface area contributed by atoms with Crippen LogP contribution < -0.4 is 11.1 Å². The van der Waals surface area contributed by atoms with Crippen molar-refractivity contribution in [2.24, 2.45) is 5.73 Å². The van der Waals surface area contributed by atoms with Gasteiger partial charge < -0.3 is 25.6 Å². The Kier molecular flexibility index (Phi) is 8.39. The third kappa shape index (κ3) is 6.66. The zero-order chi connectivity index (χ0) is 18.1. The van der Waals surface area contributed by atoms with Gasteiger partial charge in [-0.1, -0.05) is 12.1 Å². The predicted molar refractivity (Wildman–Crippen MR) is 94.7 cm³/mol. The summed E-state index contributed by atoms with van der Waals surface area (Å²) in [6.45, 7) is 3.78. The molecule has 0 aliphatic heterocycles. The molecule has 7 heteroatoms. The van der Waals surface area contributed by atoms with Gasteiger partial charge in [-0.2, -0.15) is 0 Å². The second-order valence-corrected chi connectivity index (χ2v) is 5.95. The van der Waals surface area contributed by atoms with Gasteiger partial charge in [0.05, 0.1) is 6.61 Å². The summed E-state index contributed by atoms with van der Waals surface area (Å²) in [6.07, 6.45) is 0. The van der Waals surface area contributed by atoms with E-state index >= 15 is 0 Å². The first kappa shape index (κ1) is 20.1. The minimum Gasteiger partial charge on any atom is -0.383 e. The molecule has 0 saturated carbocycles. The maximum absolute atomic E-state index is 12.4. The Balaban J connectivity index is 2.69. The lowest BCUT2D eigenvalue weighted by Crippen LogP contribution is -2.44. The average molecular weight is 336 g/mol. The van der Waals surface area contributed by atoms with E-state index in [4.69, 9.17) is 10.5 Å². The summed E-state index contributed by atoms with van der Waals surface area (Å²) in [5.41, 5.74) is 7.32. The van der Waals surface area contributed by atoms with Crippen molar-refractivity contribution in [3.8, 4) is 0 Å². The highest BCUT2D eigenvalue weighted by atomic mass is 16.5. The Labute approximate surface area is 143 Å². The van der Waals surface area contributed by atoms with Crippen LogP contribution in [-0.4, -0.2) is 69.1 Å². The summed E-state index contributed by atoms with van der Waals surface area (Å²) in [5.74, 6) is -1.22. The molecule has 1 unspecified atom stereocenters. The van der Waals surface area contributed by atoms with Gasteiger partial charge in [0.2, 0.25) is 0 Å². The third-order valence-corrected chi connectivity index (χ3v) is 3.56. The summed E-state index contributed by atoms with van der Waals surface area (Å²) >= 11 is 0. The number of hydrogen-bond donors (Lipinski definition) is 2. The van der Waals surface area contributed by atoms with Gasteiger partial charge in [0.1, 0.15) is 0 Å². The molecule has 0 heterocycles. The quantitative estimate of drug-likeness (QED) is 0.682. The fraction of sp³-hybridized carbons (Fsp3) is 0.529. The van der Waals surface area contributed by atoms with Crippen LogP contribution >= 0.6 is 0 Å². The van der Waals surface area contributed by atoms with E-state index in [0.29, 0.717) is 31.9 Å². The van der Waals surface area contributed by atoms with E-state index in [1.807, 2.05) is 38.1 Å². The Morgan fingerprint density at radius 2 is 1.79 bits per heavy atom. The normalized spacial score (nSPS) is 12.1. The van der Waals surface area contributed by atoms with E-state index in [-0.39, 0.29) is 6.04 Å². The van der Waals surface area contributed by atoms with Crippen LogP contribution in [-0.2, 0) is 14.3 Å². The minimum absolute atomic E-state index is 0.0769. The number of nitrogens with one attached hydrogen (secondary N) is 1. The average Bonchev–Trinajstić information content (AvgIpc) is 2.54. The molecule has 0 bridgehead atoms. The largest absolute Gasteiger partial charge is 0.383 e. The number of rotatable bonds is 8. The van der Waals surface area contributed by atoms with Crippen molar-refractivity contribution in [2.75, 3.05) is 52.8 Å². The molecule has 0 radical (unpaired) electrons. The van der Waals surface area contributed by atoms with Gasteiger partial charge in [-0.15, -0.1) is 0 Å². The van der Waals surface area contributed by atoms with Gasteiger partial charge in [-0.3, -0.25) is 9.59 Å². The Bertz CT molecular complexity index is 529. The van der Waals surface area contributed by atoms with E-state index in [2.05, 4.69) is 5.32 Å². The van der Waals surface area contributed by atoms with E-state index in [1.165, 1.54) is 4.90 Å². The van der Waals surface area contributed by atoms with Crippen molar-refractivity contribution in [3.05, 3.63) is 29.8 Å². The van der Waals surface area contributed by atoms with Crippen LogP contribution in [0.5, 0.6) is 0 Å². The number of carbonyl (C=O) groups excluding carboxylic acids is 2. The van der Waals surface area contributed by atoms with Crippen molar-refractivity contribution >= 4 is 17.5 Å². The highest BCUT2D eigenvalue weighted by molar-refractivity contribution is 6.39. The number of carbonyl (C=O) groups is 2. The molecule has 0 saturated heterocycles. The van der Waals surface area contributed by atoms with Gasteiger partial charge in [-0.25, -0.2) is 0 Å². The number of ether oxygens (including phenoxy) is 1. The molecule has 24 heavy (non-hydrogen) atoms. The second kappa shape index (κ2) is 10.0. The Morgan fingerprint density at radius 3 is 2.29 bits per heavy atom. The molecule has 134 valence electrons. The molecule has 1 atom stereocenters. The SMILES string of the molecule is COCCN(CCN(C)C)C(=O)C(=O)Nc1ccc(C(C)N)cc1. The van der Waals surface area contributed by atoms with Crippen molar-refractivity contribution in [1.29, 1.82) is 0 Å². The van der Waals surface area contributed by atoms with Gasteiger partial charge in [0, 0.05) is 38.5 Å². The van der Waals surface area contributed by atoms with Crippen molar-refractivity contribution in [3.63, 3.8) is 0 Å². The molecule has 0 aliphatic carbocycles. The van der Waals surface area contributed by atoms with Crippen LogP contribution in [0.2, 0.25) is 0 Å². The molecule has 0 spiro atoms. The maximum Gasteiger partial charge on any atom is 0.313 e. The lowest BCUT2D eigenvalue weighted by atomic mass is 10.1. The smallest absolute Gasteiger partial charge is 0.313 e. The molecule has 0 aromatic heterocycles. The number of benzene rings is 1. The van der Waals surface area contributed by atoms with E-state index in [1.54, 1.807) is 19.2 Å². The van der Waals surface area contributed by atoms with Gasteiger partial charge in [0.25, 0.3) is 0 Å². The predicted octanol–water partition coefficient (Wildman–Crippen LogP) is 0.681. The molecule has 1 rings (SSSR count). The lowest BCUT2D eigenvalue weighted by Gasteiger charge is -2.23. The molecule has 0 fully saturated rings. The molecular weight excluding hydrogens is 308 g/mol. The van der Waals surface area contributed by atoms with Crippen LogP contribution in [0.4, 0.5) is 5.69 Å². The summed E-state index contributed by atoms with van der Waals surface area (Å²) in [7, 11) is 5.40. The maximum atomic E-state index is 12.4. The first-order valence-corrected chi connectivity index (χ1v) is 7.94. The molecular formula is C17H28N4O3. The van der Waals surface area contributed by atoms with Crippen molar-refractivity contribution in [2.45, 2.75) is 13.0 Å². The lowest BCUT2D eigenvalue weighted by molar-refractivity contribution is -0.143. The number of anilines is 1. The first-order valence-electron chi connectivity index (χ1n) is 7.94. The van der Waals surface area contributed by atoms with E-state index in [0.717, 1.165) is 5.56 Å². The minimum atomic E-state index is -0.654. The molecule has 0 aliphatic rings. The van der Waals surface area contributed by atoms with E-state index in [9.17, 15) is 9.59 Å². The number of likely N-dealkylation sites (N-methyl/N-ethyl adjacent to an activating group) is 1. The zero-order valence-electron chi connectivity index (χ0n) is 14.9. The molecule has 1 aromatic carbocycles. The van der Waals surface area contributed by atoms with Crippen LogP contribution in [0.3, 0.4) is 0 Å². The van der Waals surface area contributed by atoms with Crippen molar-refractivity contribution in [1.82, 2.24) is 9.80 Å². The van der Waals surface area contributed by atoms with Gasteiger partial charge in [-0.05, 0) is 38.7 Å². The van der Waals surface area contributed by atoms with Crippen LogP contribution in [0.15, 0.2) is 24.3 Å².